The number of ketones is 1. The first kappa shape index (κ1) is 12.6. The zero-order valence-electron chi connectivity index (χ0n) is 9.93. The molecule has 0 radical (unpaired) electrons. The van der Waals surface area contributed by atoms with Crippen LogP contribution in [0.1, 0.15) is 29.5 Å². The Morgan fingerprint density at radius 3 is 2.94 bits per heavy atom. The lowest BCUT2D eigenvalue weighted by Gasteiger charge is -2.05. The molecule has 0 aliphatic carbocycles. The predicted octanol–water partition coefficient (Wildman–Crippen LogP) is 2.15. The molecule has 0 unspecified atom stereocenters. The Morgan fingerprint density at radius 1 is 1.50 bits per heavy atom. The number of halogens is 1. The van der Waals surface area contributed by atoms with Gasteiger partial charge >= 0.3 is 0 Å². The number of hydrogen-bond donors (Lipinski definition) is 1. The summed E-state index contributed by atoms with van der Waals surface area (Å²) in [6, 6.07) is 4.79. The van der Waals surface area contributed by atoms with Crippen molar-refractivity contribution < 1.29 is 4.79 Å². The quantitative estimate of drug-likeness (QED) is 0.678. The highest BCUT2D eigenvalue weighted by Crippen LogP contribution is 2.21. The van der Waals surface area contributed by atoms with Gasteiger partial charge in [0.05, 0.1) is 10.7 Å². The number of nitrogens with two attached hydrogens (primary N) is 1. The molecule has 2 rings (SSSR count). The molecule has 0 fully saturated rings. The molecule has 1 heterocycles. The predicted molar refractivity (Wildman–Crippen MR) is 69.6 cm³/mol. The smallest absolute Gasteiger partial charge is 0.230 e. The van der Waals surface area contributed by atoms with Gasteiger partial charge < -0.3 is 5.73 Å². The largest absolute Gasteiger partial charge is 0.398 e. The fourth-order valence-corrected chi connectivity index (χ4v) is 1.79. The summed E-state index contributed by atoms with van der Waals surface area (Å²) in [5.74, 6) is 0.112. The van der Waals surface area contributed by atoms with E-state index in [0.29, 0.717) is 28.6 Å². The standard InChI is InChI=1S/C12H13ClN4O/c1-2-5-17-12(15-7-16-17)11(18)8-3-4-10(14)9(13)6-8/h3-4,6-7H,2,5,14H2,1H3. The first-order valence-electron chi connectivity index (χ1n) is 5.61. The molecule has 94 valence electrons. The molecule has 1 aromatic heterocycles. The van der Waals surface area contributed by atoms with Crippen molar-refractivity contribution in [2.45, 2.75) is 19.9 Å². The molecule has 0 amide bonds. The Morgan fingerprint density at radius 2 is 2.28 bits per heavy atom. The Hall–Kier alpha value is -1.88. The molecular weight excluding hydrogens is 252 g/mol. The maximum absolute atomic E-state index is 12.2. The van der Waals surface area contributed by atoms with Crippen molar-refractivity contribution in [3.63, 3.8) is 0 Å². The average molecular weight is 265 g/mol. The topological polar surface area (TPSA) is 73.8 Å². The number of hydrogen-bond acceptors (Lipinski definition) is 4. The van der Waals surface area contributed by atoms with E-state index in [1.807, 2.05) is 6.92 Å². The van der Waals surface area contributed by atoms with Gasteiger partial charge in [-0.15, -0.1) is 0 Å². The summed E-state index contributed by atoms with van der Waals surface area (Å²) in [6.45, 7) is 2.67. The van der Waals surface area contributed by atoms with Gasteiger partial charge in [0.25, 0.3) is 0 Å². The van der Waals surface area contributed by atoms with Gasteiger partial charge in [0, 0.05) is 12.1 Å². The second-order valence-electron chi connectivity index (χ2n) is 3.87. The van der Waals surface area contributed by atoms with Crippen LogP contribution in [0.4, 0.5) is 5.69 Å². The molecule has 0 aliphatic rings. The van der Waals surface area contributed by atoms with Crippen LogP contribution in [0.15, 0.2) is 24.5 Å². The molecule has 0 saturated carbocycles. The summed E-state index contributed by atoms with van der Waals surface area (Å²) in [4.78, 5) is 16.2. The van der Waals surface area contributed by atoms with E-state index < -0.39 is 0 Å². The minimum atomic E-state index is -0.206. The van der Waals surface area contributed by atoms with Gasteiger partial charge in [-0.1, -0.05) is 18.5 Å². The summed E-state index contributed by atoms with van der Waals surface area (Å²) in [6.07, 6.45) is 2.26. The lowest BCUT2D eigenvalue weighted by Crippen LogP contribution is -2.13. The van der Waals surface area contributed by atoms with Crippen LogP contribution in [0.2, 0.25) is 5.02 Å². The van der Waals surface area contributed by atoms with Crippen molar-refractivity contribution in [1.29, 1.82) is 0 Å². The minimum Gasteiger partial charge on any atom is -0.398 e. The molecule has 0 spiro atoms. The molecule has 0 aliphatic heterocycles. The number of carbonyl (C=O) groups is 1. The van der Waals surface area contributed by atoms with Crippen LogP contribution in [0.5, 0.6) is 0 Å². The number of benzene rings is 1. The molecule has 0 bridgehead atoms. The van der Waals surface area contributed by atoms with Crippen molar-refractivity contribution in [2.75, 3.05) is 5.73 Å². The maximum atomic E-state index is 12.2. The fourth-order valence-electron chi connectivity index (χ4n) is 1.61. The SMILES string of the molecule is CCCn1ncnc1C(=O)c1ccc(N)c(Cl)c1. The van der Waals surface area contributed by atoms with E-state index in [-0.39, 0.29) is 5.78 Å². The highest BCUT2D eigenvalue weighted by atomic mass is 35.5. The number of carbonyl (C=O) groups excluding carboxylic acids is 1. The van der Waals surface area contributed by atoms with E-state index in [9.17, 15) is 4.79 Å². The summed E-state index contributed by atoms with van der Waals surface area (Å²) in [7, 11) is 0. The normalized spacial score (nSPS) is 10.6. The first-order chi connectivity index (χ1) is 8.63. The third-order valence-electron chi connectivity index (χ3n) is 2.52. The Bertz CT molecular complexity index is 579. The molecule has 2 N–H and O–H groups in total. The van der Waals surface area contributed by atoms with Crippen LogP contribution in [-0.2, 0) is 6.54 Å². The van der Waals surface area contributed by atoms with Gasteiger partial charge in [-0.3, -0.25) is 4.79 Å². The van der Waals surface area contributed by atoms with E-state index in [1.165, 1.54) is 6.33 Å². The second-order valence-corrected chi connectivity index (χ2v) is 4.28. The molecule has 2 aromatic rings. The van der Waals surface area contributed by atoms with E-state index in [4.69, 9.17) is 17.3 Å². The van der Waals surface area contributed by atoms with Gasteiger partial charge in [-0.25, -0.2) is 9.67 Å². The van der Waals surface area contributed by atoms with Crippen LogP contribution in [0, 0.1) is 0 Å². The molecular formula is C12H13ClN4O. The summed E-state index contributed by atoms with van der Waals surface area (Å²) in [5, 5.41) is 4.38. The van der Waals surface area contributed by atoms with Crippen molar-refractivity contribution in [3.8, 4) is 0 Å². The number of aromatic nitrogens is 3. The number of aryl methyl sites for hydroxylation is 1. The van der Waals surface area contributed by atoms with Crippen LogP contribution in [0.3, 0.4) is 0 Å². The van der Waals surface area contributed by atoms with E-state index >= 15 is 0 Å². The Kier molecular flexibility index (Phi) is 3.62. The van der Waals surface area contributed by atoms with Crippen LogP contribution < -0.4 is 5.73 Å². The van der Waals surface area contributed by atoms with E-state index in [0.717, 1.165) is 6.42 Å². The summed E-state index contributed by atoms with van der Waals surface area (Å²) in [5.41, 5.74) is 6.51. The summed E-state index contributed by atoms with van der Waals surface area (Å²) >= 11 is 5.90. The average Bonchev–Trinajstić information content (AvgIpc) is 2.80. The highest BCUT2D eigenvalue weighted by Gasteiger charge is 2.16. The summed E-state index contributed by atoms with van der Waals surface area (Å²) < 4.78 is 1.59. The molecule has 5 nitrogen and oxygen atoms in total. The third kappa shape index (κ3) is 2.36. The Labute approximate surface area is 110 Å². The number of rotatable bonds is 4. The lowest BCUT2D eigenvalue weighted by atomic mass is 10.1. The van der Waals surface area contributed by atoms with E-state index in [1.54, 1.807) is 22.9 Å². The van der Waals surface area contributed by atoms with Crippen LogP contribution in [0.25, 0.3) is 0 Å². The van der Waals surface area contributed by atoms with Gasteiger partial charge in [0.15, 0.2) is 5.82 Å². The van der Waals surface area contributed by atoms with Gasteiger partial charge in [-0.05, 0) is 24.6 Å². The van der Waals surface area contributed by atoms with Crippen LogP contribution >= 0.6 is 11.6 Å². The van der Waals surface area contributed by atoms with Gasteiger partial charge in [-0.2, -0.15) is 5.10 Å². The third-order valence-corrected chi connectivity index (χ3v) is 2.84. The van der Waals surface area contributed by atoms with Crippen molar-refractivity contribution in [3.05, 3.63) is 40.9 Å². The van der Waals surface area contributed by atoms with Crippen LogP contribution in [-0.4, -0.2) is 20.5 Å². The van der Waals surface area contributed by atoms with Gasteiger partial charge in [0.2, 0.25) is 5.78 Å². The van der Waals surface area contributed by atoms with E-state index in [2.05, 4.69) is 10.1 Å². The fraction of sp³-hybridized carbons (Fsp3) is 0.250. The van der Waals surface area contributed by atoms with Gasteiger partial charge in [0.1, 0.15) is 6.33 Å². The minimum absolute atomic E-state index is 0.206. The first-order valence-corrected chi connectivity index (χ1v) is 5.98. The molecule has 0 atom stereocenters. The molecule has 0 saturated heterocycles. The number of nitrogens with zero attached hydrogens (tertiary/aromatic N) is 3. The highest BCUT2D eigenvalue weighted by molar-refractivity contribution is 6.33. The monoisotopic (exact) mass is 264 g/mol. The maximum Gasteiger partial charge on any atom is 0.230 e. The Balaban J connectivity index is 2.35. The number of nitrogen functional groups attached to an aromatic ring is 1. The zero-order valence-corrected chi connectivity index (χ0v) is 10.7. The van der Waals surface area contributed by atoms with Crippen molar-refractivity contribution >= 4 is 23.1 Å². The second kappa shape index (κ2) is 5.18. The van der Waals surface area contributed by atoms with Crippen molar-refractivity contribution in [2.24, 2.45) is 0 Å². The van der Waals surface area contributed by atoms with Crippen molar-refractivity contribution in [1.82, 2.24) is 14.8 Å². The molecule has 1 aromatic carbocycles. The lowest BCUT2D eigenvalue weighted by molar-refractivity contribution is 0.102. The molecule has 6 heteroatoms. The zero-order chi connectivity index (χ0) is 13.1. The number of anilines is 1. The molecule has 18 heavy (non-hydrogen) atoms.